The first-order chi connectivity index (χ1) is 15.6. The standard InChI is InChI=1S/C25H31N5O2/c1-3-4-9-19(2)24(31)29-16-14-28(15-17-29)23-25(32)30(18-20-10-6-5-7-11-20)22-21(27-23)12-8-13-26-22/h5-8,10-13,19H,3-4,9,14-18H2,1-2H3. The van der Waals surface area contributed by atoms with E-state index in [0.29, 0.717) is 49.7 Å². The summed E-state index contributed by atoms with van der Waals surface area (Å²) in [6, 6.07) is 13.6. The van der Waals surface area contributed by atoms with Crippen molar-refractivity contribution in [2.45, 2.75) is 39.7 Å². The predicted molar refractivity (Wildman–Crippen MR) is 127 cm³/mol. The van der Waals surface area contributed by atoms with E-state index in [1.54, 1.807) is 10.8 Å². The summed E-state index contributed by atoms with van der Waals surface area (Å²) in [5.41, 5.74) is 2.18. The first-order valence-electron chi connectivity index (χ1n) is 11.5. The van der Waals surface area contributed by atoms with E-state index in [1.807, 2.05) is 59.2 Å². The average Bonchev–Trinajstić information content (AvgIpc) is 2.84. The van der Waals surface area contributed by atoms with Gasteiger partial charge in [-0.1, -0.05) is 57.0 Å². The minimum Gasteiger partial charge on any atom is -0.348 e. The molecule has 2 aromatic heterocycles. The molecule has 1 aromatic carbocycles. The lowest BCUT2D eigenvalue weighted by Gasteiger charge is -2.36. The van der Waals surface area contributed by atoms with Gasteiger partial charge in [-0.3, -0.25) is 14.2 Å². The van der Waals surface area contributed by atoms with E-state index in [2.05, 4.69) is 16.9 Å². The fraction of sp³-hybridized carbons (Fsp3) is 0.440. The summed E-state index contributed by atoms with van der Waals surface area (Å²) < 4.78 is 1.71. The Labute approximate surface area is 188 Å². The van der Waals surface area contributed by atoms with Crippen LogP contribution in [-0.4, -0.2) is 51.5 Å². The van der Waals surface area contributed by atoms with Crippen LogP contribution >= 0.6 is 0 Å². The van der Waals surface area contributed by atoms with Gasteiger partial charge in [-0.25, -0.2) is 9.97 Å². The summed E-state index contributed by atoms with van der Waals surface area (Å²) in [6.07, 6.45) is 4.79. The van der Waals surface area contributed by atoms with Crippen molar-refractivity contribution in [3.63, 3.8) is 0 Å². The lowest BCUT2D eigenvalue weighted by atomic mass is 10.0. The maximum Gasteiger partial charge on any atom is 0.295 e. The van der Waals surface area contributed by atoms with Gasteiger partial charge in [0.25, 0.3) is 5.56 Å². The maximum absolute atomic E-state index is 13.5. The molecule has 0 spiro atoms. The van der Waals surface area contributed by atoms with Crippen LogP contribution in [0.2, 0.25) is 0 Å². The number of piperazine rings is 1. The first kappa shape index (κ1) is 22.0. The Bertz CT molecular complexity index is 1120. The third-order valence-corrected chi connectivity index (χ3v) is 6.17. The van der Waals surface area contributed by atoms with Crippen molar-refractivity contribution in [3.8, 4) is 0 Å². The Kier molecular flexibility index (Phi) is 6.83. The monoisotopic (exact) mass is 433 g/mol. The van der Waals surface area contributed by atoms with Crippen LogP contribution in [-0.2, 0) is 11.3 Å². The van der Waals surface area contributed by atoms with Crippen molar-refractivity contribution >= 4 is 22.9 Å². The van der Waals surface area contributed by atoms with Crippen molar-refractivity contribution in [2.75, 3.05) is 31.1 Å². The van der Waals surface area contributed by atoms with E-state index in [1.165, 1.54) is 0 Å². The van der Waals surface area contributed by atoms with Gasteiger partial charge in [0.1, 0.15) is 5.52 Å². The van der Waals surface area contributed by atoms with E-state index in [4.69, 9.17) is 0 Å². The molecule has 1 aliphatic rings. The predicted octanol–water partition coefficient (Wildman–Crippen LogP) is 3.31. The highest BCUT2D eigenvalue weighted by atomic mass is 16.2. The zero-order valence-electron chi connectivity index (χ0n) is 18.9. The minimum atomic E-state index is -0.142. The number of anilines is 1. The van der Waals surface area contributed by atoms with Crippen LogP contribution in [0.25, 0.3) is 11.2 Å². The van der Waals surface area contributed by atoms with E-state index < -0.39 is 0 Å². The number of nitrogens with zero attached hydrogens (tertiary/aromatic N) is 5. The second-order valence-corrected chi connectivity index (χ2v) is 8.51. The number of rotatable bonds is 7. The molecule has 0 radical (unpaired) electrons. The number of carbonyl (C=O) groups excluding carboxylic acids is 1. The highest BCUT2D eigenvalue weighted by Gasteiger charge is 2.27. The molecule has 1 unspecified atom stereocenters. The quantitative estimate of drug-likeness (QED) is 0.572. The third kappa shape index (κ3) is 4.66. The number of unbranched alkanes of at least 4 members (excludes halogenated alkanes) is 1. The molecule has 3 heterocycles. The number of amides is 1. The number of hydrogen-bond acceptors (Lipinski definition) is 5. The smallest absolute Gasteiger partial charge is 0.295 e. The van der Waals surface area contributed by atoms with Gasteiger partial charge in [-0.2, -0.15) is 0 Å². The van der Waals surface area contributed by atoms with Crippen LogP contribution < -0.4 is 10.5 Å². The first-order valence-corrected chi connectivity index (χ1v) is 11.5. The largest absolute Gasteiger partial charge is 0.348 e. The lowest BCUT2D eigenvalue weighted by Crippen LogP contribution is -2.51. The lowest BCUT2D eigenvalue weighted by molar-refractivity contribution is -0.135. The van der Waals surface area contributed by atoms with Crippen LogP contribution in [0.3, 0.4) is 0 Å². The summed E-state index contributed by atoms with van der Waals surface area (Å²) in [6.45, 7) is 7.03. The summed E-state index contributed by atoms with van der Waals surface area (Å²) in [5, 5.41) is 0. The molecule has 0 N–H and O–H groups in total. The van der Waals surface area contributed by atoms with Gasteiger partial charge in [0.05, 0.1) is 6.54 Å². The molecule has 7 nitrogen and oxygen atoms in total. The van der Waals surface area contributed by atoms with Gasteiger partial charge in [-0.15, -0.1) is 0 Å². The van der Waals surface area contributed by atoms with E-state index >= 15 is 0 Å². The van der Waals surface area contributed by atoms with E-state index in [9.17, 15) is 9.59 Å². The normalized spacial score (nSPS) is 15.2. The number of carbonyl (C=O) groups is 1. The molecule has 3 aromatic rings. The van der Waals surface area contributed by atoms with Crippen LogP contribution in [0.1, 0.15) is 38.7 Å². The number of aromatic nitrogens is 3. The molecule has 0 aliphatic carbocycles. The molecule has 0 saturated carbocycles. The molecule has 1 fully saturated rings. The van der Waals surface area contributed by atoms with Gasteiger partial charge in [0, 0.05) is 38.3 Å². The Balaban J connectivity index is 1.57. The SMILES string of the molecule is CCCCC(C)C(=O)N1CCN(c2nc3cccnc3n(Cc3ccccc3)c2=O)CC1. The van der Waals surface area contributed by atoms with Crippen molar-refractivity contribution in [2.24, 2.45) is 5.92 Å². The Morgan fingerprint density at radius 2 is 1.81 bits per heavy atom. The molecule has 7 heteroatoms. The number of fused-ring (bicyclic) bond motifs is 1. The molecular formula is C25H31N5O2. The molecule has 1 atom stereocenters. The maximum atomic E-state index is 13.5. The third-order valence-electron chi connectivity index (χ3n) is 6.17. The second kappa shape index (κ2) is 9.94. The molecule has 0 bridgehead atoms. The molecule has 1 saturated heterocycles. The summed E-state index contributed by atoms with van der Waals surface area (Å²) >= 11 is 0. The van der Waals surface area contributed by atoms with E-state index in [-0.39, 0.29) is 17.4 Å². The average molecular weight is 434 g/mol. The Morgan fingerprint density at radius 1 is 1.06 bits per heavy atom. The minimum absolute atomic E-state index is 0.0504. The molecule has 1 amide bonds. The van der Waals surface area contributed by atoms with Crippen LogP contribution in [0.15, 0.2) is 53.5 Å². The summed E-state index contributed by atoms with van der Waals surface area (Å²) in [5.74, 6) is 0.706. The van der Waals surface area contributed by atoms with Gasteiger partial charge in [0.2, 0.25) is 5.91 Å². The van der Waals surface area contributed by atoms with Gasteiger partial charge >= 0.3 is 0 Å². The molecule has 168 valence electrons. The van der Waals surface area contributed by atoms with E-state index in [0.717, 1.165) is 24.8 Å². The zero-order valence-corrected chi connectivity index (χ0v) is 18.9. The second-order valence-electron chi connectivity index (χ2n) is 8.51. The van der Waals surface area contributed by atoms with Gasteiger partial charge < -0.3 is 9.80 Å². The fourth-order valence-electron chi connectivity index (χ4n) is 4.27. The van der Waals surface area contributed by atoms with Crippen molar-refractivity contribution in [1.29, 1.82) is 0 Å². The van der Waals surface area contributed by atoms with Crippen LogP contribution in [0.5, 0.6) is 0 Å². The van der Waals surface area contributed by atoms with Crippen molar-refractivity contribution in [3.05, 3.63) is 64.6 Å². The molecule has 4 rings (SSSR count). The Hall–Kier alpha value is -3.22. The highest BCUT2D eigenvalue weighted by molar-refractivity contribution is 5.79. The summed E-state index contributed by atoms with van der Waals surface area (Å²) in [7, 11) is 0. The molecular weight excluding hydrogens is 402 g/mol. The number of hydrogen-bond donors (Lipinski definition) is 0. The van der Waals surface area contributed by atoms with Gasteiger partial charge in [0.15, 0.2) is 11.5 Å². The topological polar surface area (TPSA) is 71.3 Å². The fourth-order valence-corrected chi connectivity index (χ4v) is 4.27. The molecule has 1 aliphatic heterocycles. The number of pyridine rings is 1. The van der Waals surface area contributed by atoms with Crippen molar-refractivity contribution in [1.82, 2.24) is 19.4 Å². The van der Waals surface area contributed by atoms with Gasteiger partial charge in [-0.05, 0) is 24.1 Å². The van der Waals surface area contributed by atoms with Crippen LogP contribution in [0, 0.1) is 5.92 Å². The highest BCUT2D eigenvalue weighted by Crippen LogP contribution is 2.18. The van der Waals surface area contributed by atoms with Crippen molar-refractivity contribution < 1.29 is 4.79 Å². The zero-order chi connectivity index (χ0) is 22.5. The molecule has 32 heavy (non-hydrogen) atoms. The number of benzene rings is 1. The summed E-state index contributed by atoms with van der Waals surface area (Å²) in [4.78, 5) is 39.3. The van der Waals surface area contributed by atoms with Crippen LogP contribution in [0.4, 0.5) is 5.82 Å². The Morgan fingerprint density at radius 3 is 2.53 bits per heavy atom.